The number of pyridine rings is 1. The summed E-state index contributed by atoms with van der Waals surface area (Å²) in [5, 5.41) is 0. The molecule has 0 aromatic carbocycles. The Hall–Kier alpha value is -1.17. The highest BCUT2D eigenvalue weighted by Gasteiger charge is 2.33. The summed E-state index contributed by atoms with van der Waals surface area (Å²) in [7, 11) is 0. The molecular weight excluding hydrogens is 239 g/mol. The molecule has 88 valence electrons. The summed E-state index contributed by atoms with van der Waals surface area (Å²) in [6.07, 6.45) is -1.46. The predicted octanol–water partition coefficient (Wildman–Crippen LogP) is 2.35. The minimum atomic E-state index is -4.52. The first-order valence-corrected chi connectivity index (χ1v) is 5.13. The van der Waals surface area contributed by atoms with E-state index in [1.807, 2.05) is 0 Å². The Balaban J connectivity index is 3.14. The Kier molecular flexibility index (Phi) is 4.23. The first kappa shape index (κ1) is 12.9. The summed E-state index contributed by atoms with van der Waals surface area (Å²) >= 11 is 3.88. The molecule has 0 aliphatic rings. The van der Waals surface area contributed by atoms with Crippen LogP contribution in [-0.4, -0.2) is 10.3 Å². The molecule has 1 aromatic heterocycles. The highest BCUT2D eigenvalue weighted by atomic mass is 32.1. The van der Waals surface area contributed by atoms with Gasteiger partial charge in [-0.05, 0) is 6.07 Å². The molecule has 1 heterocycles. The number of nitrogens with zero attached hydrogens (tertiary/aromatic N) is 1. The van der Waals surface area contributed by atoms with E-state index in [-0.39, 0.29) is 6.54 Å². The van der Waals surface area contributed by atoms with Gasteiger partial charge in [-0.2, -0.15) is 25.8 Å². The number of thiol groups is 1. The molecule has 0 atom stereocenters. The monoisotopic (exact) mass is 249 g/mol. The van der Waals surface area contributed by atoms with Gasteiger partial charge in [-0.1, -0.05) is 18.2 Å². The van der Waals surface area contributed by atoms with Crippen molar-refractivity contribution in [1.29, 1.82) is 0 Å². The Morgan fingerprint density at radius 3 is 2.56 bits per heavy atom. The molecule has 1 aromatic rings. The smallest absolute Gasteiger partial charge is 0.301 e. The summed E-state index contributed by atoms with van der Waals surface area (Å²) in [5.74, 6) is 0.420. The molecule has 0 N–H and O–H groups in total. The van der Waals surface area contributed by atoms with Gasteiger partial charge in [0.2, 0.25) is 0 Å². The third-order valence-electron chi connectivity index (χ3n) is 1.90. The second-order valence-electron chi connectivity index (χ2n) is 3.01. The van der Waals surface area contributed by atoms with Crippen LogP contribution >= 0.6 is 12.6 Å². The van der Waals surface area contributed by atoms with E-state index in [0.29, 0.717) is 10.3 Å². The third kappa shape index (κ3) is 3.16. The van der Waals surface area contributed by atoms with E-state index in [0.717, 1.165) is 18.2 Å². The van der Waals surface area contributed by atoms with Crippen LogP contribution in [0.1, 0.15) is 5.69 Å². The summed E-state index contributed by atoms with van der Waals surface area (Å²) in [5.41, 5.74) is -1.61. The average molecular weight is 249 g/mol. The quantitative estimate of drug-likeness (QED) is 0.644. The first-order valence-electron chi connectivity index (χ1n) is 4.49. The normalized spacial score (nSPS) is 12.2. The Morgan fingerprint density at radius 2 is 2.00 bits per heavy atom. The second-order valence-corrected chi connectivity index (χ2v) is 3.38. The molecule has 0 spiro atoms. The Labute approximate surface area is 95.8 Å². The lowest BCUT2D eigenvalue weighted by Crippen LogP contribution is -2.26. The zero-order valence-electron chi connectivity index (χ0n) is 8.24. The Morgan fingerprint density at radius 1 is 1.31 bits per heavy atom. The SMILES string of the molecule is O=c1cccc(C(F)(F)F)n1C/C=C/CS. The topological polar surface area (TPSA) is 22.0 Å². The van der Waals surface area contributed by atoms with Crippen LogP contribution < -0.4 is 5.56 Å². The molecule has 0 fully saturated rings. The minimum absolute atomic E-state index is 0.102. The maximum absolute atomic E-state index is 12.5. The molecular formula is C10H10F3NOS. The molecule has 0 aliphatic carbocycles. The van der Waals surface area contributed by atoms with Gasteiger partial charge < -0.3 is 4.57 Å². The van der Waals surface area contributed by atoms with Crippen LogP contribution in [0.5, 0.6) is 0 Å². The van der Waals surface area contributed by atoms with Gasteiger partial charge in [0.1, 0.15) is 5.69 Å². The fourth-order valence-electron chi connectivity index (χ4n) is 1.21. The fraction of sp³-hybridized carbons (Fsp3) is 0.300. The van der Waals surface area contributed by atoms with Gasteiger partial charge in [0.05, 0.1) is 0 Å². The fourth-order valence-corrected chi connectivity index (χ4v) is 1.36. The van der Waals surface area contributed by atoms with Crippen LogP contribution in [0.4, 0.5) is 13.2 Å². The maximum atomic E-state index is 12.5. The number of alkyl halides is 3. The van der Waals surface area contributed by atoms with Crippen molar-refractivity contribution in [2.75, 3.05) is 5.75 Å². The largest absolute Gasteiger partial charge is 0.431 e. The number of allylic oxidation sites excluding steroid dienone is 1. The van der Waals surface area contributed by atoms with Crippen molar-refractivity contribution in [3.8, 4) is 0 Å². The summed E-state index contributed by atoms with van der Waals surface area (Å²) in [6, 6.07) is 3.09. The van der Waals surface area contributed by atoms with E-state index in [1.54, 1.807) is 6.08 Å². The van der Waals surface area contributed by atoms with E-state index < -0.39 is 17.4 Å². The van der Waals surface area contributed by atoms with Gasteiger partial charge in [0.25, 0.3) is 5.56 Å². The highest BCUT2D eigenvalue weighted by Crippen LogP contribution is 2.27. The highest BCUT2D eigenvalue weighted by molar-refractivity contribution is 7.80. The van der Waals surface area contributed by atoms with Gasteiger partial charge in [-0.25, -0.2) is 0 Å². The zero-order chi connectivity index (χ0) is 12.2. The van der Waals surface area contributed by atoms with Crippen molar-refractivity contribution < 1.29 is 13.2 Å². The number of aromatic nitrogens is 1. The molecule has 0 bridgehead atoms. The first-order chi connectivity index (χ1) is 7.46. The lowest BCUT2D eigenvalue weighted by Gasteiger charge is -2.13. The summed E-state index contributed by atoms with van der Waals surface area (Å²) < 4.78 is 38.3. The van der Waals surface area contributed by atoms with Crippen LogP contribution in [0.2, 0.25) is 0 Å². The van der Waals surface area contributed by atoms with Crippen molar-refractivity contribution in [2.24, 2.45) is 0 Å². The molecule has 6 heteroatoms. The minimum Gasteiger partial charge on any atom is -0.301 e. The van der Waals surface area contributed by atoms with Crippen LogP contribution in [0, 0.1) is 0 Å². The summed E-state index contributed by atoms with van der Waals surface area (Å²) in [4.78, 5) is 11.3. The maximum Gasteiger partial charge on any atom is 0.431 e. The molecule has 0 saturated carbocycles. The summed E-state index contributed by atoms with van der Waals surface area (Å²) in [6.45, 7) is -0.102. The average Bonchev–Trinajstić information content (AvgIpc) is 2.19. The molecule has 0 amide bonds. The van der Waals surface area contributed by atoms with Crippen molar-refractivity contribution in [2.45, 2.75) is 12.7 Å². The number of halogens is 3. The molecule has 16 heavy (non-hydrogen) atoms. The predicted molar refractivity (Wildman–Crippen MR) is 58.7 cm³/mol. The molecule has 1 rings (SSSR count). The van der Waals surface area contributed by atoms with Crippen molar-refractivity contribution in [3.63, 3.8) is 0 Å². The third-order valence-corrected chi connectivity index (χ3v) is 2.11. The molecule has 0 aliphatic heterocycles. The molecule has 0 unspecified atom stereocenters. The number of hydrogen-bond donors (Lipinski definition) is 1. The lowest BCUT2D eigenvalue weighted by molar-refractivity contribution is -0.144. The van der Waals surface area contributed by atoms with E-state index in [2.05, 4.69) is 12.6 Å². The van der Waals surface area contributed by atoms with Gasteiger partial charge in [-0.15, -0.1) is 0 Å². The van der Waals surface area contributed by atoms with Gasteiger partial charge in [0.15, 0.2) is 0 Å². The Bertz CT molecular complexity index is 436. The van der Waals surface area contributed by atoms with Gasteiger partial charge in [-0.3, -0.25) is 4.79 Å². The molecule has 0 saturated heterocycles. The van der Waals surface area contributed by atoms with Crippen LogP contribution in [-0.2, 0) is 12.7 Å². The lowest BCUT2D eigenvalue weighted by atomic mass is 10.3. The van der Waals surface area contributed by atoms with E-state index in [4.69, 9.17) is 0 Å². The van der Waals surface area contributed by atoms with Crippen molar-refractivity contribution >= 4 is 12.6 Å². The molecule has 0 radical (unpaired) electrons. The van der Waals surface area contributed by atoms with Crippen LogP contribution in [0.3, 0.4) is 0 Å². The number of hydrogen-bond acceptors (Lipinski definition) is 2. The van der Waals surface area contributed by atoms with Gasteiger partial charge in [0, 0.05) is 18.4 Å². The second kappa shape index (κ2) is 5.25. The number of rotatable bonds is 3. The van der Waals surface area contributed by atoms with Crippen molar-refractivity contribution in [3.05, 3.63) is 46.4 Å². The van der Waals surface area contributed by atoms with E-state index in [1.165, 1.54) is 6.08 Å². The van der Waals surface area contributed by atoms with E-state index in [9.17, 15) is 18.0 Å². The van der Waals surface area contributed by atoms with Crippen LogP contribution in [0.25, 0.3) is 0 Å². The van der Waals surface area contributed by atoms with Crippen molar-refractivity contribution in [1.82, 2.24) is 4.57 Å². The molecule has 2 nitrogen and oxygen atoms in total. The zero-order valence-corrected chi connectivity index (χ0v) is 9.13. The van der Waals surface area contributed by atoms with Gasteiger partial charge >= 0.3 is 6.18 Å². The van der Waals surface area contributed by atoms with E-state index >= 15 is 0 Å². The standard InChI is InChI=1S/C10H10F3NOS/c11-10(12,13)8-4-3-5-9(15)14(8)6-1-2-7-16/h1-5,16H,6-7H2/b2-1+. The van der Waals surface area contributed by atoms with Crippen LogP contribution in [0.15, 0.2) is 35.1 Å².